The fourth-order valence-electron chi connectivity index (χ4n) is 1.17. The van der Waals surface area contributed by atoms with Crippen molar-refractivity contribution in [2.24, 2.45) is 0 Å². The van der Waals surface area contributed by atoms with E-state index in [1.807, 2.05) is 18.2 Å². The number of anilines is 1. The summed E-state index contributed by atoms with van der Waals surface area (Å²) in [5, 5.41) is 13.7. The maximum Gasteiger partial charge on any atom is 0.240 e. The maximum absolute atomic E-state index is 11.2. The molecule has 0 aliphatic rings. The van der Waals surface area contributed by atoms with Crippen LogP contribution in [0, 0.1) is 11.3 Å². The Morgan fingerprint density at radius 3 is 2.94 bits per heavy atom. The number of ether oxygens (including phenoxy) is 1. The van der Waals surface area contributed by atoms with Crippen LogP contribution in [0.5, 0.6) is 5.75 Å². The lowest BCUT2D eigenvalue weighted by Crippen LogP contribution is -2.29. The second-order valence-corrected chi connectivity index (χ2v) is 4.08. The Morgan fingerprint density at radius 2 is 2.29 bits per heavy atom. The Balaban J connectivity index is 2.54. The average Bonchev–Trinajstić information content (AvgIpc) is 2.33. The minimum atomic E-state index is -0.231. The van der Waals surface area contributed by atoms with Crippen molar-refractivity contribution in [2.75, 3.05) is 25.5 Å². The van der Waals surface area contributed by atoms with E-state index < -0.39 is 0 Å². The van der Waals surface area contributed by atoms with Crippen LogP contribution in [0.25, 0.3) is 0 Å². The molecule has 0 bridgehead atoms. The molecule has 0 aromatic heterocycles. The molecule has 0 aliphatic carbocycles. The lowest BCUT2D eigenvalue weighted by molar-refractivity contribution is -0.119. The normalized spacial score (nSPS) is 9.24. The van der Waals surface area contributed by atoms with E-state index in [0.717, 1.165) is 10.2 Å². The topological polar surface area (TPSA) is 74.2 Å². The predicted molar refractivity (Wildman–Crippen MR) is 67.8 cm³/mol. The van der Waals surface area contributed by atoms with Crippen molar-refractivity contribution in [1.82, 2.24) is 5.32 Å². The molecule has 0 saturated carbocycles. The lowest BCUT2D eigenvalue weighted by Gasteiger charge is -2.08. The third-order valence-corrected chi connectivity index (χ3v) is 2.38. The number of methoxy groups -OCH3 is 1. The molecule has 0 atom stereocenters. The van der Waals surface area contributed by atoms with Gasteiger partial charge in [-0.3, -0.25) is 4.79 Å². The van der Waals surface area contributed by atoms with Gasteiger partial charge in [-0.15, -0.1) is 0 Å². The zero-order valence-electron chi connectivity index (χ0n) is 9.29. The van der Waals surface area contributed by atoms with E-state index in [4.69, 9.17) is 10.00 Å². The molecule has 5 nitrogen and oxygen atoms in total. The van der Waals surface area contributed by atoms with E-state index in [-0.39, 0.29) is 19.0 Å². The van der Waals surface area contributed by atoms with Crippen LogP contribution in [0.1, 0.15) is 0 Å². The van der Waals surface area contributed by atoms with Gasteiger partial charge < -0.3 is 15.4 Å². The van der Waals surface area contributed by atoms with E-state index >= 15 is 0 Å². The minimum absolute atomic E-state index is 0.0162. The second-order valence-electron chi connectivity index (χ2n) is 3.17. The molecule has 17 heavy (non-hydrogen) atoms. The molecule has 0 saturated heterocycles. The molecule has 0 unspecified atom stereocenters. The first-order chi connectivity index (χ1) is 8.15. The SMILES string of the molecule is COc1cc(Br)cc(NCC(=O)NCC#N)c1. The van der Waals surface area contributed by atoms with Gasteiger partial charge in [0.15, 0.2) is 0 Å². The largest absolute Gasteiger partial charge is 0.497 e. The van der Waals surface area contributed by atoms with Gasteiger partial charge >= 0.3 is 0 Å². The van der Waals surface area contributed by atoms with Crippen LogP contribution < -0.4 is 15.4 Å². The molecular formula is C11H12BrN3O2. The Bertz CT molecular complexity index is 443. The molecule has 6 heteroatoms. The number of carbonyl (C=O) groups is 1. The summed E-state index contributed by atoms with van der Waals surface area (Å²) in [6, 6.07) is 7.27. The molecule has 90 valence electrons. The first kappa shape index (κ1) is 13.3. The summed E-state index contributed by atoms with van der Waals surface area (Å²) in [5.41, 5.74) is 0.767. The number of nitriles is 1. The van der Waals surface area contributed by atoms with Crippen molar-refractivity contribution < 1.29 is 9.53 Å². The molecule has 2 N–H and O–H groups in total. The van der Waals surface area contributed by atoms with Crippen LogP contribution in [-0.2, 0) is 4.79 Å². The van der Waals surface area contributed by atoms with Gasteiger partial charge in [0.1, 0.15) is 12.3 Å². The fraction of sp³-hybridized carbons (Fsp3) is 0.273. The van der Waals surface area contributed by atoms with Gasteiger partial charge in [0, 0.05) is 16.2 Å². The highest BCUT2D eigenvalue weighted by Gasteiger charge is 2.02. The summed E-state index contributed by atoms with van der Waals surface area (Å²) in [6.45, 7) is 0.129. The van der Waals surface area contributed by atoms with E-state index in [0.29, 0.717) is 5.75 Å². The Morgan fingerprint density at radius 1 is 1.53 bits per heavy atom. The molecule has 1 rings (SSSR count). The van der Waals surface area contributed by atoms with Crippen molar-refractivity contribution in [1.29, 1.82) is 5.26 Å². The van der Waals surface area contributed by atoms with E-state index in [9.17, 15) is 4.79 Å². The van der Waals surface area contributed by atoms with Crippen molar-refractivity contribution in [3.63, 3.8) is 0 Å². The molecular weight excluding hydrogens is 286 g/mol. The van der Waals surface area contributed by atoms with Gasteiger partial charge in [-0.25, -0.2) is 0 Å². The Hall–Kier alpha value is -1.74. The number of halogens is 1. The highest BCUT2D eigenvalue weighted by Crippen LogP contribution is 2.24. The van der Waals surface area contributed by atoms with Crippen LogP contribution in [0.4, 0.5) is 5.69 Å². The quantitative estimate of drug-likeness (QED) is 0.808. The van der Waals surface area contributed by atoms with Gasteiger partial charge in [-0.2, -0.15) is 5.26 Å². The van der Waals surface area contributed by atoms with Crippen molar-refractivity contribution in [3.8, 4) is 11.8 Å². The van der Waals surface area contributed by atoms with Gasteiger partial charge in [0.25, 0.3) is 0 Å². The molecule has 0 heterocycles. The highest BCUT2D eigenvalue weighted by molar-refractivity contribution is 9.10. The lowest BCUT2D eigenvalue weighted by atomic mass is 10.3. The monoisotopic (exact) mass is 297 g/mol. The van der Waals surface area contributed by atoms with Crippen molar-refractivity contribution in [2.45, 2.75) is 0 Å². The summed E-state index contributed by atoms with van der Waals surface area (Å²) in [4.78, 5) is 11.2. The molecule has 0 radical (unpaired) electrons. The first-order valence-electron chi connectivity index (χ1n) is 4.88. The number of amides is 1. The van der Waals surface area contributed by atoms with Crippen LogP contribution >= 0.6 is 15.9 Å². The number of carbonyl (C=O) groups excluding carboxylic acids is 1. The zero-order valence-corrected chi connectivity index (χ0v) is 10.9. The predicted octanol–water partition coefficient (Wildman–Crippen LogP) is 1.51. The number of hydrogen-bond acceptors (Lipinski definition) is 4. The highest BCUT2D eigenvalue weighted by atomic mass is 79.9. The fourth-order valence-corrected chi connectivity index (χ4v) is 1.64. The van der Waals surface area contributed by atoms with E-state index in [1.54, 1.807) is 13.2 Å². The first-order valence-corrected chi connectivity index (χ1v) is 5.67. The van der Waals surface area contributed by atoms with Gasteiger partial charge in [-0.05, 0) is 12.1 Å². The Kier molecular flexibility index (Phi) is 5.30. The maximum atomic E-state index is 11.2. The number of rotatable bonds is 5. The van der Waals surface area contributed by atoms with Gasteiger partial charge in [0.05, 0.1) is 19.7 Å². The van der Waals surface area contributed by atoms with E-state index in [1.165, 1.54) is 0 Å². The smallest absolute Gasteiger partial charge is 0.240 e. The third kappa shape index (κ3) is 4.74. The number of nitrogens with zero attached hydrogens (tertiary/aromatic N) is 1. The van der Waals surface area contributed by atoms with Gasteiger partial charge in [-0.1, -0.05) is 15.9 Å². The Labute approximate surface area is 108 Å². The molecule has 0 aliphatic heterocycles. The molecule has 1 aromatic rings. The molecule has 1 amide bonds. The molecule has 0 fully saturated rings. The van der Waals surface area contributed by atoms with Gasteiger partial charge in [0.2, 0.25) is 5.91 Å². The average molecular weight is 298 g/mol. The molecule has 1 aromatic carbocycles. The minimum Gasteiger partial charge on any atom is -0.497 e. The summed E-state index contributed by atoms with van der Waals surface area (Å²) in [7, 11) is 1.57. The second kappa shape index (κ2) is 6.76. The third-order valence-electron chi connectivity index (χ3n) is 1.92. The summed E-state index contributed by atoms with van der Waals surface area (Å²) < 4.78 is 5.95. The van der Waals surface area contributed by atoms with Crippen LogP contribution in [0.2, 0.25) is 0 Å². The summed E-state index contributed by atoms with van der Waals surface area (Å²) >= 11 is 3.34. The number of hydrogen-bond donors (Lipinski definition) is 2. The number of nitrogens with one attached hydrogen (secondary N) is 2. The standard InChI is InChI=1S/C11H12BrN3O2/c1-17-10-5-8(12)4-9(6-10)15-7-11(16)14-3-2-13/h4-6,15H,3,7H2,1H3,(H,14,16). The zero-order chi connectivity index (χ0) is 12.7. The summed E-state index contributed by atoms with van der Waals surface area (Å²) in [6.07, 6.45) is 0. The van der Waals surface area contributed by atoms with Crippen molar-refractivity contribution in [3.05, 3.63) is 22.7 Å². The van der Waals surface area contributed by atoms with Crippen LogP contribution in [0.15, 0.2) is 22.7 Å². The summed E-state index contributed by atoms with van der Waals surface area (Å²) in [5.74, 6) is 0.463. The van der Waals surface area contributed by atoms with Crippen LogP contribution in [-0.4, -0.2) is 26.1 Å². The number of benzene rings is 1. The van der Waals surface area contributed by atoms with Crippen molar-refractivity contribution >= 4 is 27.5 Å². The van der Waals surface area contributed by atoms with E-state index in [2.05, 4.69) is 26.6 Å². The molecule has 0 spiro atoms. The van der Waals surface area contributed by atoms with Crippen LogP contribution in [0.3, 0.4) is 0 Å².